The minimum atomic E-state index is 0.206. The molecule has 0 spiro atoms. The Morgan fingerprint density at radius 3 is 2.92 bits per heavy atom. The fraction of sp³-hybridized carbons (Fsp3) is 0.500. The van der Waals surface area contributed by atoms with Gasteiger partial charge in [0, 0.05) is 43.5 Å². The number of hydrogen-bond donors (Lipinski definition) is 0. The molecular formula is C18H20N6O2. The predicted octanol–water partition coefficient (Wildman–Crippen LogP) is 2.35. The van der Waals surface area contributed by atoms with E-state index in [2.05, 4.69) is 30.1 Å². The van der Waals surface area contributed by atoms with Crippen LogP contribution >= 0.6 is 0 Å². The van der Waals surface area contributed by atoms with E-state index >= 15 is 0 Å². The zero-order valence-electron chi connectivity index (χ0n) is 14.4. The van der Waals surface area contributed by atoms with Crippen molar-refractivity contribution in [2.45, 2.75) is 44.1 Å². The third-order valence-corrected chi connectivity index (χ3v) is 5.29. The number of aryl methyl sites for hydroxylation is 1. The van der Waals surface area contributed by atoms with E-state index in [1.54, 1.807) is 12.4 Å². The average Bonchev–Trinajstić information content (AvgIpc) is 3.36. The number of nitrogens with zero attached hydrogens (tertiary/aromatic N) is 6. The molecule has 8 nitrogen and oxygen atoms in total. The van der Waals surface area contributed by atoms with Gasteiger partial charge < -0.3 is 9.26 Å². The van der Waals surface area contributed by atoms with Crippen LogP contribution in [0, 0.1) is 0 Å². The van der Waals surface area contributed by atoms with Crippen molar-refractivity contribution < 1.29 is 9.26 Å². The Morgan fingerprint density at radius 2 is 2.08 bits per heavy atom. The van der Waals surface area contributed by atoms with Gasteiger partial charge in [-0.15, -0.1) is 5.10 Å². The molecule has 0 radical (unpaired) electrons. The standard InChI is InChI=1S/C18H20N6O2/c1-2-13(11-19-7-1)17-20-18(26-22-17)12-3-4-15-16(10-12)24(23-21-15)14-5-8-25-9-6-14/h1-2,7,11-12,14H,3-6,8-10H2. The van der Waals surface area contributed by atoms with Crippen molar-refractivity contribution in [1.29, 1.82) is 0 Å². The van der Waals surface area contributed by atoms with Crippen LogP contribution in [-0.2, 0) is 17.6 Å². The smallest absolute Gasteiger partial charge is 0.230 e. The molecule has 1 saturated heterocycles. The van der Waals surface area contributed by atoms with E-state index in [0.29, 0.717) is 17.8 Å². The van der Waals surface area contributed by atoms with Crippen LogP contribution in [0.3, 0.4) is 0 Å². The summed E-state index contributed by atoms with van der Waals surface area (Å²) in [6.45, 7) is 1.59. The van der Waals surface area contributed by atoms with E-state index in [1.807, 2.05) is 12.1 Å². The number of pyridine rings is 1. The first kappa shape index (κ1) is 15.6. The maximum absolute atomic E-state index is 5.58. The molecule has 1 unspecified atom stereocenters. The lowest BCUT2D eigenvalue weighted by molar-refractivity contribution is 0.0647. The number of rotatable bonds is 3. The lowest BCUT2D eigenvalue weighted by Crippen LogP contribution is -2.24. The highest BCUT2D eigenvalue weighted by Crippen LogP contribution is 2.34. The molecule has 0 N–H and O–H groups in total. The lowest BCUT2D eigenvalue weighted by atomic mass is 9.89. The van der Waals surface area contributed by atoms with Crippen molar-refractivity contribution in [2.75, 3.05) is 13.2 Å². The van der Waals surface area contributed by atoms with Crippen LogP contribution in [0.1, 0.15) is 48.5 Å². The Bertz CT molecular complexity index is 884. The Hall–Kier alpha value is -2.61. The van der Waals surface area contributed by atoms with Crippen molar-refractivity contribution in [3.8, 4) is 11.4 Å². The Labute approximate surface area is 150 Å². The molecular weight excluding hydrogens is 332 g/mol. The van der Waals surface area contributed by atoms with Gasteiger partial charge in [0.05, 0.1) is 17.4 Å². The molecule has 2 aliphatic rings. The van der Waals surface area contributed by atoms with Gasteiger partial charge in [0.15, 0.2) is 0 Å². The van der Waals surface area contributed by atoms with Gasteiger partial charge in [-0.05, 0) is 37.8 Å². The lowest BCUT2D eigenvalue weighted by Gasteiger charge is -2.26. The normalized spacial score (nSPS) is 20.8. The maximum Gasteiger partial charge on any atom is 0.230 e. The first-order chi connectivity index (χ1) is 12.9. The van der Waals surface area contributed by atoms with Crippen LogP contribution in [0.15, 0.2) is 29.0 Å². The molecule has 1 aliphatic heterocycles. The highest BCUT2D eigenvalue weighted by atomic mass is 16.5. The van der Waals surface area contributed by atoms with Crippen molar-refractivity contribution in [1.82, 2.24) is 30.1 Å². The molecule has 4 heterocycles. The summed E-state index contributed by atoms with van der Waals surface area (Å²) in [4.78, 5) is 8.73. The fourth-order valence-corrected chi connectivity index (χ4v) is 3.85. The SMILES string of the molecule is c1cncc(-c2noc(C3CCc4nnn(C5CCOCC5)c4C3)n2)c1. The fourth-order valence-electron chi connectivity index (χ4n) is 3.85. The van der Waals surface area contributed by atoms with Crippen LogP contribution < -0.4 is 0 Å². The summed E-state index contributed by atoms with van der Waals surface area (Å²) in [5.41, 5.74) is 3.20. The number of aromatic nitrogens is 6. The molecule has 134 valence electrons. The molecule has 0 saturated carbocycles. The molecule has 5 rings (SSSR count). The molecule has 8 heteroatoms. The largest absolute Gasteiger partial charge is 0.381 e. The van der Waals surface area contributed by atoms with Crippen LogP contribution in [0.25, 0.3) is 11.4 Å². The second kappa shape index (κ2) is 6.60. The van der Waals surface area contributed by atoms with Gasteiger partial charge in [0.2, 0.25) is 11.7 Å². The van der Waals surface area contributed by atoms with Gasteiger partial charge in [0.1, 0.15) is 0 Å². The molecule has 3 aromatic heterocycles. The zero-order valence-corrected chi connectivity index (χ0v) is 14.4. The monoisotopic (exact) mass is 352 g/mol. The van der Waals surface area contributed by atoms with E-state index < -0.39 is 0 Å². The molecule has 3 aromatic rings. The van der Waals surface area contributed by atoms with Crippen LogP contribution in [0.4, 0.5) is 0 Å². The van der Waals surface area contributed by atoms with Crippen LogP contribution in [0.2, 0.25) is 0 Å². The molecule has 1 aliphatic carbocycles. The highest BCUT2D eigenvalue weighted by Gasteiger charge is 2.31. The minimum Gasteiger partial charge on any atom is -0.381 e. The summed E-state index contributed by atoms with van der Waals surface area (Å²) in [6.07, 6.45) is 8.16. The third-order valence-electron chi connectivity index (χ3n) is 5.29. The number of ether oxygens (including phenoxy) is 1. The topological polar surface area (TPSA) is 91.8 Å². The molecule has 1 fully saturated rings. The van der Waals surface area contributed by atoms with E-state index in [0.717, 1.165) is 56.6 Å². The summed E-state index contributed by atoms with van der Waals surface area (Å²) >= 11 is 0. The van der Waals surface area contributed by atoms with Crippen molar-refractivity contribution in [3.63, 3.8) is 0 Å². The number of fused-ring (bicyclic) bond motifs is 1. The van der Waals surface area contributed by atoms with Crippen LogP contribution in [-0.4, -0.2) is 43.3 Å². The Kier molecular flexibility index (Phi) is 3.97. The number of hydrogen-bond acceptors (Lipinski definition) is 7. The van der Waals surface area contributed by atoms with Gasteiger partial charge in [-0.25, -0.2) is 4.68 Å². The van der Waals surface area contributed by atoms with Gasteiger partial charge in [-0.3, -0.25) is 4.98 Å². The Balaban J connectivity index is 1.39. The first-order valence-electron chi connectivity index (χ1n) is 9.13. The van der Waals surface area contributed by atoms with Crippen molar-refractivity contribution in [3.05, 3.63) is 41.8 Å². The molecule has 0 amide bonds. The predicted molar refractivity (Wildman–Crippen MR) is 91.4 cm³/mol. The second-order valence-electron chi connectivity index (χ2n) is 6.91. The highest BCUT2D eigenvalue weighted by molar-refractivity contribution is 5.51. The first-order valence-corrected chi connectivity index (χ1v) is 9.13. The second-order valence-corrected chi connectivity index (χ2v) is 6.91. The van der Waals surface area contributed by atoms with Gasteiger partial charge >= 0.3 is 0 Å². The molecule has 0 aromatic carbocycles. The van der Waals surface area contributed by atoms with E-state index in [-0.39, 0.29) is 5.92 Å². The van der Waals surface area contributed by atoms with Gasteiger partial charge in [-0.2, -0.15) is 4.98 Å². The van der Waals surface area contributed by atoms with Gasteiger partial charge in [-0.1, -0.05) is 10.4 Å². The maximum atomic E-state index is 5.58. The van der Waals surface area contributed by atoms with Crippen LogP contribution in [0.5, 0.6) is 0 Å². The van der Waals surface area contributed by atoms with E-state index in [1.165, 1.54) is 5.69 Å². The summed E-state index contributed by atoms with van der Waals surface area (Å²) < 4.78 is 13.2. The zero-order chi connectivity index (χ0) is 17.3. The summed E-state index contributed by atoms with van der Waals surface area (Å²) in [6, 6.07) is 4.19. The van der Waals surface area contributed by atoms with Gasteiger partial charge in [0.25, 0.3) is 0 Å². The average molecular weight is 352 g/mol. The molecule has 26 heavy (non-hydrogen) atoms. The Morgan fingerprint density at radius 1 is 1.15 bits per heavy atom. The third kappa shape index (κ3) is 2.80. The summed E-state index contributed by atoms with van der Waals surface area (Å²) in [7, 11) is 0. The van der Waals surface area contributed by atoms with Crippen molar-refractivity contribution in [2.24, 2.45) is 0 Å². The molecule has 0 bridgehead atoms. The van der Waals surface area contributed by atoms with E-state index in [4.69, 9.17) is 9.26 Å². The summed E-state index contributed by atoms with van der Waals surface area (Å²) in [5.74, 6) is 1.49. The van der Waals surface area contributed by atoms with Crippen molar-refractivity contribution >= 4 is 0 Å². The van der Waals surface area contributed by atoms with E-state index in [9.17, 15) is 0 Å². The quantitative estimate of drug-likeness (QED) is 0.714. The summed E-state index contributed by atoms with van der Waals surface area (Å²) in [5, 5.41) is 13.0. The molecule has 1 atom stereocenters. The minimum absolute atomic E-state index is 0.206.